The van der Waals surface area contributed by atoms with Crippen molar-refractivity contribution >= 4 is 11.4 Å². The summed E-state index contributed by atoms with van der Waals surface area (Å²) >= 11 is -0.914. The molecule has 0 aromatic rings. The van der Waals surface area contributed by atoms with Crippen LogP contribution in [0, 0.1) is 5.41 Å². The Morgan fingerprint density at radius 1 is 1.25 bits per heavy atom. The van der Waals surface area contributed by atoms with Gasteiger partial charge in [-0.3, -0.25) is 0 Å². The third-order valence-corrected chi connectivity index (χ3v) is 5.69. The molecule has 2 atom stereocenters. The summed E-state index contributed by atoms with van der Waals surface area (Å²) in [5.41, 5.74) is 0.451. The van der Waals surface area contributed by atoms with Gasteiger partial charge in [0.1, 0.15) is 4.75 Å². The molecule has 2 aliphatic rings. The molecule has 0 aromatic heterocycles. The van der Waals surface area contributed by atoms with Gasteiger partial charge < -0.3 is 9.87 Å². The number of piperidine rings is 1. The van der Waals surface area contributed by atoms with Crippen molar-refractivity contribution in [3.63, 3.8) is 0 Å². The first-order chi connectivity index (χ1) is 7.44. The molecule has 1 heterocycles. The van der Waals surface area contributed by atoms with Crippen molar-refractivity contribution in [2.24, 2.45) is 5.41 Å². The van der Waals surface area contributed by atoms with Crippen molar-refractivity contribution in [3.05, 3.63) is 0 Å². The average molecular weight is 244 g/mol. The number of rotatable bonds is 2. The van der Waals surface area contributed by atoms with E-state index in [0.29, 0.717) is 11.5 Å². The third kappa shape index (κ3) is 2.40. The number of hydrogen-bond acceptors (Lipinski definition) is 3. The van der Waals surface area contributed by atoms with E-state index in [1.807, 2.05) is 20.8 Å². The second kappa shape index (κ2) is 4.48. The molecule has 94 valence electrons. The fourth-order valence-corrected chi connectivity index (χ4v) is 3.69. The molecule has 1 aliphatic carbocycles. The van der Waals surface area contributed by atoms with E-state index in [9.17, 15) is 4.55 Å². The van der Waals surface area contributed by atoms with Crippen LogP contribution in [0.4, 0.5) is 0 Å². The molecule has 16 heavy (non-hydrogen) atoms. The van der Waals surface area contributed by atoms with Crippen LogP contribution in [-0.4, -0.2) is 28.4 Å². The highest BCUT2D eigenvalue weighted by molar-refractivity contribution is 7.90. The lowest BCUT2D eigenvalue weighted by atomic mass is 9.60. The maximum atomic E-state index is 12.1. The van der Waals surface area contributed by atoms with E-state index in [-0.39, 0.29) is 4.75 Å². The standard InChI is InChI=1S/C12H24N2OS/c1-11(2,3)16(15)14-10-4-5-12(10)6-8-13-9-7-12/h10,13-14H,4-9H2,1-3H3/t10-,16?/m1/s1. The first-order valence-corrected chi connectivity index (χ1v) is 7.48. The van der Waals surface area contributed by atoms with Crippen LogP contribution in [0.25, 0.3) is 0 Å². The van der Waals surface area contributed by atoms with Crippen LogP contribution in [0.2, 0.25) is 0 Å². The minimum Gasteiger partial charge on any atom is -0.598 e. The Morgan fingerprint density at radius 3 is 2.31 bits per heavy atom. The monoisotopic (exact) mass is 244 g/mol. The minimum atomic E-state index is -0.914. The van der Waals surface area contributed by atoms with Crippen LogP contribution in [0.15, 0.2) is 0 Å². The van der Waals surface area contributed by atoms with Gasteiger partial charge in [0.05, 0.1) is 6.04 Å². The van der Waals surface area contributed by atoms with E-state index in [1.54, 1.807) is 0 Å². The van der Waals surface area contributed by atoms with Crippen molar-refractivity contribution in [1.82, 2.24) is 10.0 Å². The van der Waals surface area contributed by atoms with E-state index in [4.69, 9.17) is 0 Å². The van der Waals surface area contributed by atoms with Crippen molar-refractivity contribution in [1.29, 1.82) is 0 Å². The highest BCUT2D eigenvalue weighted by atomic mass is 32.2. The van der Waals surface area contributed by atoms with Crippen LogP contribution in [0.1, 0.15) is 46.5 Å². The molecule has 0 aromatic carbocycles. The molecule has 0 radical (unpaired) electrons. The zero-order chi connectivity index (χ0) is 11.8. The maximum Gasteiger partial charge on any atom is 0.136 e. The SMILES string of the molecule is CC(C)(C)[S+]([O-])N[C@@H]1CCC12CCNCC2. The Morgan fingerprint density at radius 2 is 1.88 bits per heavy atom. The van der Waals surface area contributed by atoms with E-state index >= 15 is 0 Å². The van der Waals surface area contributed by atoms with Crippen LogP contribution in [0.5, 0.6) is 0 Å². The lowest BCUT2D eigenvalue weighted by Gasteiger charge is -2.52. The molecule has 1 saturated carbocycles. The summed E-state index contributed by atoms with van der Waals surface area (Å²) in [6.45, 7) is 8.35. The summed E-state index contributed by atoms with van der Waals surface area (Å²) in [4.78, 5) is 0. The van der Waals surface area contributed by atoms with Crippen molar-refractivity contribution in [2.75, 3.05) is 13.1 Å². The Hall–Kier alpha value is 0.230. The summed E-state index contributed by atoms with van der Waals surface area (Å²) in [5.74, 6) is 0. The second-order valence-electron chi connectivity index (χ2n) is 6.20. The van der Waals surface area contributed by atoms with Crippen molar-refractivity contribution in [2.45, 2.75) is 57.2 Å². The van der Waals surface area contributed by atoms with Gasteiger partial charge in [-0.2, -0.15) is 0 Å². The molecule has 1 unspecified atom stereocenters. The third-order valence-electron chi connectivity index (χ3n) is 4.07. The molecular formula is C12H24N2OS. The van der Waals surface area contributed by atoms with Gasteiger partial charge in [0.25, 0.3) is 0 Å². The zero-order valence-electron chi connectivity index (χ0n) is 10.6. The van der Waals surface area contributed by atoms with Gasteiger partial charge in [-0.25, -0.2) is 0 Å². The Kier molecular flexibility index (Phi) is 3.55. The van der Waals surface area contributed by atoms with Crippen molar-refractivity contribution in [3.8, 4) is 0 Å². The molecule has 2 fully saturated rings. The Balaban J connectivity index is 1.91. The lowest BCUT2D eigenvalue weighted by molar-refractivity contribution is 0.0434. The molecular weight excluding hydrogens is 220 g/mol. The highest BCUT2D eigenvalue weighted by Gasteiger charge is 2.49. The smallest absolute Gasteiger partial charge is 0.136 e. The van der Waals surface area contributed by atoms with Gasteiger partial charge in [-0.1, -0.05) is 0 Å². The summed E-state index contributed by atoms with van der Waals surface area (Å²) in [6, 6.07) is 0.481. The van der Waals surface area contributed by atoms with Gasteiger partial charge in [0.15, 0.2) is 0 Å². The predicted octanol–water partition coefficient (Wildman–Crippen LogP) is 1.57. The topological polar surface area (TPSA) is 47.1 Å². The molecule has 0 bridgehead atoms. The normalized spacial score (nSPS) is 31.1. The van der Waals surface area contributed by atoms with Crippen LogP contribution in [-0.2, 0) is 11.4 Å². The van der Waals surface area contributed by atoms with Crippen LogP contribution in [0.3, 0.4) is 0 Å². The largest absolute Gasteiger partial charge is 0.598 e. The van der Waals surface area contributed by atoms with Gasteiger partial charge >= 0.3 is 0 Å². The van der Waals surface area contributed by atoms with Gasteiger partial charge in [-0.15, -0.1) is 4.72 Å². The molecule has 2 N–H and O–H groups in total. The van der Waals surface area contributed by atoms with E-state index in [2.05, 4.69) is 10.0 Å². The average Bonchev–Trinajstić information content (AvgIpc) is 2.24. The summed E-state index contributed by atoms with van der Waals surface area (Å²) in [6.07, 6.45) is 4.99. The molecule has 3 nitrogen and oxygen atoms in total. The maximum absolute atomic E-state index is 12.1. The minimum absolute atomic E-state index is 0.149. The van der Waals surface area contributed by atoms with Crippen LogP contribution < -0.4 is 10.0 Å². The van der Waals surface area contributed by atoms with E-state index < -0.39 is 11.4 Å². The highest BCUT2D eigenvalue weighted by Crippen LogP contribution is 2.48. The summed E-state index contributed by atoms with van der Waals surface area (Å²) in [7, 11) is 0. The molecule has 0 amide bonds. The summed E-state index contributed by atoms with van der Waals surface area (Å²) in [5, 5.41) is 3.41. The first-order valence-electron chi connectivity index (χ1n) is 6.33. The predicted molar refractivity (Wildman–Crippen MR) is 68.6 cm³/mol. The molecule has 1 aliphatic heterocycles. The van der Waals surface area contributed by atoms with E-state index in [1.165, 1.54) is 25.7 Å². The molecule has 4 heteroatoms. The van der Waals surface area contributed by atoms with Gasteiger partial charge in [-0.05, 0) is 65.0 Å². The lowest BCUT2D eigenvalue weighted by Crippen LogP contribution is -2.60. The molecule has 1 spiro atoms. The quantitative estimate of drug-likeness (QED) is 0.725. The second-order valence-corrected chi connectivity index (χ2v) is 8.20. The fraction of sp³-hybridized carbons (Fsp3) is 1.00. The van der Waals surface area contributed by atoms with Crippen molar-refractivity contribution < 1.29 is 4.55 Å². The Bertz CT molecular complexity index is 246. The van der Waals surface area contributed by atoms with Gasteiger partial charge in [0, 0.05) is 11.4 Å². The van der Waals surface area contributed by atoms with E-state index in [0.717, 1.165) is 13.1 Å². The van der Waals surface area contributed by atoms with Gasteiger partial charge in [0.2, 0.25) is 0 Å². The zero-order valence-corrected chi connectivity index (χ0v) is 11.5. The first kappa shape index (κ1) is 12.7. The molecule has 2 rings (SSSR count). The molecule has 1 saturated heterocycles. The summed E-state index contributed by atoms with van der Waals surface area (Å²) < 4.78 is 15.3. The number of nitrogens with one attached hydrogen (secondary N) is 2. The Labute approximate surface area is 102 Å². The number of hydrogen-bond donors (Lipinski definition) is 2. The fourth-order valence-electron chi connectivity index (χ4n) is 2.71. The van der Waals surface area contributed by atoms with Crippen LogP contribution >= 0.6 is 0 Å².